The van der Waals surface area contributed by atoms with Crippen molar-refractivity contribution in [2.75, 3.05) is 0 Å². The zero-order chi connectivity index (χ0) is 12.9. The van der Waals surface area contributed by atoms with Gasteiger partial charge in [0, 0.05) is 0 Å². The molecule has 92 valence electrons. The van der Waals surface area contributed by atoms with Crippen LogP contribution in [0.15, 0.2) is 0 Å². The van der Waals surface area contributed by atoms with Crippen molar-refractivity contribution in [3.05, 3.63) is 0 Å². The average Bonchev–Trinajstić information content (AvgIpc) is 2.14. The third-order valence-corrected chi connectivity index (χ3v) is 3.61. The minimum Gasteiger partial charge on any atom is -0.480 e. The summed E-state index contributed by atoms with van der Waals surface area (Å²) in [5.41, 5.74) is 0. The van der Waals surface area contributed by atoms with Crippen LogP contribution in [0, 0.1) is 17.2 Å². The summed E-state index contributed by atoms with van der Waals surface area (Å²) >= 11 is 0. The van der Waals surface area contributed by atoms with Crippen LogP contribution < -0.4 is 4.72 Å². The molecule has 0 fully saturated rings. The van der Waals surface area contributed by atoms with Crippen LogP contribution in [-0.2, 0) is 14.8 Å². The van der Waals surface area contributed by atoms with Gasteiger partial charge < -0.3 is 5.11 Å². The van der Waals surface area contributed by atoms with Crippen molar-refractivity contribution >= 4 is 16.0 Å². The molecule has 0 aliphatic carbocycles. The lowest BCUT2D eigenvalue weighted by atomic mass is 10.1. The highest BCUT2D eigenvalue weighted by molar-refractivity contribution is 7.90. The molecule has 0 rings (SSSR count). The number of carboxylic acid groups (broad SMARTS) is 1. The molecule has 0 amide bonds. The van der Waals surface area contributed by atoms with Crippen LogP contribution in [0.25, 0.3) is 0 Å². The Bertz CT molecular complexity index is 383. The van der Waals surface area contributed by atoms with Gasteiger partial charge in [-0.3, -0.25) is 4.79 Å². The maximum Gasteiger partial charge on any atom is 0.321 e. The van der Waals surface area contributed by atoms with E-state index in [1.807, 2.05) is 4.72 Å². The Morgan fingerprint density at radius 3 is 2.25 bits per heavy atom. The van der Waals surface area contributed by atoms with E-state index in [1.54, 1.807) is 19.9 Å². The molecule has 0 heterocycles. The minimum absolute atomic E-state index is 0.0428. The van der Waals surface area contributed by atoms with E-state index in [9.17, 15) is 13.2 Å². The van der Waals surface area contributed by atoms with Gasteiger partial charge in [-0.1, -0.05) is 13.8 Å². The van der Waals surface area contributed by atoms with Gasteiger partial charge in [-0.2, -0.15) is 9.98 Å². The highest BCUT2D eigenvalue weighted by Gasteiger charge is 2.28. The first-order chi connectivity index (χ1) is 7.20. The van der Waals surface area contributed by atoms with Crippen molar-refractivity contribution in [2.45, 2.75) is 38.5 Å². The molecular weight excluding hydrogens is 232 g/mol. The summed E-state index contributed by atoms with van der Waals surface area (Å²) in [4.78, 5) is 10.8. The molecule has 0 aliphatic heterocycles. The predicted molar refractivity (Wildman–Crippen MR) is 58.0 cm³/mol. The summed E-state index contributed by atoms with van der Waals surface area (Å²) < 4.78 is 24.9. The lowest BCUT2D eigenvalue weighted by molar-refractivity contribution is -0.139. The molecule has 0 saturated carbocycles. The quantitative estimate of drug-likeness (QED) is 0.703. The maximum atomic E-state index is 11.5. The average molecular weight is 248 g/mol. The number of sulfonamides is 1. The number of hydrogen-bond donors (Lipinski definition) is 2. The Morgan fingerprint density at radius 2 is 1.94 bits per heavy atom. The summed E-state index contributed by atoms with van der Waals surface area (Å²) in [6.07, 6.45) is 0.187. The van der Waals surface area contributed by atoms with Gasteiger partial charge in [0.05, 0.1) is 6.07 Å². The second-order valence-corrected chi connectivity index (χ2v) is 5.99. The first-order valence-corrected chi connectivity index (χ1v) is 6.39. The van der Waals surface area contributed by atoms with Gasteiger partial charge in [0.1, 0.15) is 6.04 Å². The molecule has 1 unspecified atom stereocenters. The molecule has 0 aromatic heterocycles. The number of nitrogens with zero attached hydrogens (tertiary/aromatic N) is 1. The Kier molecular flexibility index (Phi) is 5.41. The number of carbonyl (C=O) groups is 1. The molecule has 0 radical (unpaired) electrons. The lowest BCUT2D eigenvalue weighted by Gasteiger charge is -2.17. The van der Waals surface area contributed by atoms with Crippen LogP contribution in [0.1, 0.15) is 27.2 Å². The standard InChI is InChI=1S/C9H16N2O4S/c1-6(2)4-8(9(12)13)11-16(14,15)7(3)5-10/h6-8,11H,4H2,1-3H3,(H,12,13)/t7?,8-/m1/s1. The van der Waals surface area contributed by atoms with Crippen molar-refractivity contribution < 1.29 is 18.3 Å². The zero-order valence-electron chi connectivity index (χ0n) is 9.47. The Labute approximate surface area is 95.3 Å². The number of aliphatic carboxylic acids is 1. The molecule has 16 heavy (non-hydrogen) atoms. The van der Waals surface area contributed by atoms with Gasteiger partial charge in [-0.05, 0) is 19.3 Å². The van der Waals surface area contributed by atoms with Crippen molar-refractivity contribution in [2.24, 2.45) is 5.92 Å². The molecule has 2 atom stereocenters. The monoisotopic (exact) mass is 248 g/mol. The van der Waals surface area contributed by atoms with E-state index < -0.39 is 27.3 Å². The second-order valence-electron chi connectivity index (χ2n) is 3.95. The summed E-state index contributed by atoms with van der Waals surface area (Å²) in [5.74, 6) is -1.19. The molecule has 0 spiro atoms. The van der Waals surface area contributed by atoms with Crippen molar-refractivity contribution in [1.82, 2.24) is 4.72 Å². The van der Waals surface area contributed by atoms with E-state index in [2.05, 4.69) is 0 Å². The lowest BCUT2D eigenvalue weighted by Crippen LogP contribution is -2.44. The Morgan fingerprint density at radius 1 is 1.44 bits per heavy atom. The molecule has 6 nitrogen and oxygen atoms in total. The summed E-state index contributed by atoms with van der Waals surface area (Å²) in [7, 11) is -3.89. The van der Waals surface area contributed by atoms with E-state index in [-0.39, 0.29) is 12.3 Å². The highest BCUT2D eigenvalue weighted by atomic mass is 32.2. The van der Waals surface area contributed by atoms with Crippen LogP contribution in [0.2, 0.25) is 0 Å². The topological polar surface area (TPSA) is 107 Å². The van der Waals surface area contributed by atoms with E-state index in [1.165, 1.54) is 6.92 Å². The SMILES string of the molecule is CC(C)C[C@@H](NS(=O)(=O)C(C)C#N)C(=O)O. The van der Waals surface area contributed by atoms with E-state index in [0.717, 1.165) is 0 Å². The molecule has 2 N–H and O–H groups in total. The zero-order valence-corrected chi connectivity index (χ0v) is 10.3. The van der Waals surface area contributed by atoms with Crippen molar-refractivity contribution in [1.29, 1.82) is 5.26 Å². The van der Waals surface area contributed by atoms with Gasteiger partial charge >= 0.3 is 5.97 Å². The fraction of sp³-hybridized carbons (Fsp3) is 0.778. The summed E-state index contributed by atoms with van der Waals surface area (Å²) in [5, 5.41) is 16.1. The van der Waals surface area contributed by atoms with Gasteiger partial charge in [0.2, 0.25) is 10.0 Å². The first kappa shape index (κ1) is 14.9. The largest absolute Gasteiger partial charge is 0.480 e. The van der Waals surface area contributed by atoms with Crippen molar-refractivity contribution in [3.63, 3.8) is 0 Å². The van der Waals surface area contributed by atoms with Crippen LogP contribution in [0.4, 0.5) is 0 Å². The molecule has 0 aromatic carbocycles. The van der Waals surface area contributed by atoms with Crippen LogP contribution in [0.5, 0.6) is 0 Å². The van der Waals surface area contributed by atoms with Crippen molar-refractivity contribution in [3.8, 4) is 6.07 Å². The van der Waals surface area contributed by atoms with Gasteiger partial charge in [0.15, 0.2) is 5.25 Å². The molecule has 0 aliphatic rings. The van der Waals surface area contributed by atoms with Gasteiger partial charge in [0.25, 0.3) is 0 Å². The maximum absolute atomic E-state index is 11.5. The normalized spacial score (nSPS) is 15.4. The van der Waals surface area contributed by atoms with E-state index in [0.29, 0.717) is 0 Å². The third-order valence-electron chi connectivity index (χ3n) is 1.96. The second kappa shape index (κ2) is 5.82. The molecular formula is C9H16N2O4S. The fourth-order valence-corrected chi connectivity index (χ4v) is 1.98. The molecule has 0 saturated heterocycles. The fourth-order valence-electron chi connectivity index (χ4n) is 1.04. The Hall–Kier alpha value is -1.13. The number of hydrogen-bond acceptors (Lipinski definition) is 4. The summed E-state index contributed by atoms with van der Waals surface area (Å²) in [6.45, 7) is 4.78. The van der Waals surface area contributed by atoms with Crippen LogP contribution in [-0.4, -0.2) is 30.8 Å². The highest BCUT2D eigenvalue weighted by Crippen LogP contribution is 2.08. The van der Waals surface area contributed by atoms with Gasteiger partial charge in [-0.15, -0.1) is 0 Å². The van der Waals surface area contributed by atoms with E-state index in [4.69, 9.17) is 10.4 Å². The third kappa shape index (κ3) is 4.59. The number of nitrogens with one attached hydrogen (secondary N) is 1. The summed E-state index contributed by atoms with van der Waals surface area (Å²) in [6, 6.07) is 0.380. The van der Waals surface area contributed by atoms with Crippen LogP contribution >= 0.6 is 0 Å². The number of nitriles is 1. The number of carboxylic acids is 1. The smallest absolute Gasteiger partial charge is 0.321 e. The minimum atomic E-state index is -3.89. The first-order valence-electron chi connectivity index (χ1n) is 4.84. The number of rotatable bonds is 6. The molecule has 0 aromatic rings. The van der Waals surface area contributed by atoms with Gasteiger partial charge in [-0.25, -0.2) is 8.42 Å². The predicted octanol–water partition coefficient (Wildman–Crippen LogP) is 0.317. The molecule has 0 bridgehead atoms. The van der Waals surface area contributed by atoms with Crippen LogP contribution in [0.3, 0.4) is 0 Å². The molecule has 7 heteroatoms. The van der Waals surface area contributed by atoms with E-state index >= 15 is 0 Å². The Balaban J connectivity index is 4.78.